The van der Waals surface area contributed by atoms with E-state index in [9.17, 15) is 9.90 Å². The molecule has 1 N–H and O–H groups in total. The zero-order chi connectivity index (χ0) is 13.7. The summed E-state index contributed by atoms with van der Waals surface area (Å²) in [7, 11) is 0. The topological polar surface area (TPSA) is 37.3 Å². The van der Waals surface area contributed by atoms with Crippen molar-refractivity contribution in [2.45, 2.75) is 58.3 Å². The molecule has 2 rings (SSSR count). The highest BCUT2D eigenvalue weighted by Crippen LogP contribution is 2.36. The number of rotatable bonds is 0. The van der Waals surface area contributed by atoms with Crippen molar-refractivity contribution in [3.63, 3.8) is 0 Å². The summed E-state index contributed by atoms with van der Waals surface area (Å²) in [5.41, 5.74) is 0. The molecule has 0 aliphatic heterocycles. The van der Waals surface area contributed by atoms with Gasteiger partial charge in [-0.05, 0) is 62.4 Å². The third kappa shape index (κ3) is 4.22. The minimum absolute atomic E-state index is 0.000673. The standard InChI is InChI=1S/C17H26O2/c1-13-6-3-2-4-7-14-8-5-9-15(14)10-11-16(18)17(19)12-13/h4,7,11,13-15,18H,2-3,5-6,8-10,12H2,1H3/b7-4+,16-11-. The van der Waals surface area contributed by atoms with Crippen LogP contribution in [0.5, 0.6) is 0 Å². The molecule has 0 amide bonds. The van der Waals surface area contributed by atoms with Crippen molar-refractivity contribution in [2.24, 2.45) is 17.8 Å². The Kier molecular flexibility index (Phi) is 5.24. The molecule has 0 radical (unpaired) electrons. The maximum atomic E-state index is 11.9. The maximum Gasteiger partial charge on any atom is 0.197 e. The zero-order valence-corrected chi connectivity index (χ0v) is 12.0. The second-order valence-corrected chi connectivity index (χ2v) is 6.27. The molecule has 0 spiro atoms. The van der Waals surface area contributed by atoms with Crippen LogP contribution in [0.2, 0.25) is 0 Å². The fourth-order valence-corrected chi connectivity index (χ4v) is 3.37. The molecule has 0 saturated heterocycles. The highest BCUT2D eigenvalue weighted by Gasteiger charge is 2.24. The van der Waals surface area contributed by atoms with Crippen LogP contribution in [0.4, 0.5) is 0 Å². The van der Waals surface area contributed by atoms with Gasteiger partial charge in [0, 0.05) is 6.42 Å². The summed E-state index contributed by atoms with van der Waals surface area (Å²) in [5.74, 6) is 1.56. The lowest BCUT2D eigenvalue weighted by atomic mass is 9.92. The molecule has 3 unspecified atom stereocenters. The molecule has 1 fully saturated rings. The van der Waals surface area contributed by atoms with E-state index in [0.29, 0.717) is 24.2 Å². The van der Waals surface area contributed by atoms with Gasteiger partial charge >= 0.3 is 0 Å². The van der Waals surface area contributed by atoms with Gasteiger partial charge in [0.1, 0.15) is 0 Å². The summed E-state index contributed by atoms with van der Waals surface area (Å²) < 4.78 is 0. The van der Waals surface area contributed by atoms with Crippen LogP contribution in [0.3, 0.4) is 0 Å². The van der Waals surface area contributed by atoms with Crippen molar-refractivity contribution >= 4 is 5.78 Å². The van der Waals surface area contributed by atoms with E-state index in [0.717, 1.165) is 25.7 Å². The molecule has 0 bridgehead atoms. The second kappa shape index (κ2) is 6.93. The molecule has 0 aromatic carbocycles. The Hall–Kier alpha value is -1.05. The number of carbonyl (C=O) groups excluding carboxylic acids is 1. The SMILES string of the molecule is CC1CCC/C=C/C2CCCC2C/C=C(\O)C(=O)C1. The van der Waals surface area contributed by atoms with Gasteiger partial charge in [0.2, 0.25) is 0 Å². The quantitative estimate of drug-likeness (QED) is 0.649. The molecule has 2 aliphatic carbocycles. The van der Waals surface area contributed by atoms with Gasteiger partial charge in [-0.3, -0.25) is 4.79 Å². The summed E-state index contributed by atoms with van der Waals surface area (Å²) >= 11 is 0. The first-order valence-electron chi connectivity index (χ1n) is 7.76. The summed E-state index contributed by atoms with van der Waals surface area (Å²) in [6.07, 6.45) is 14.9. The van der Waals surface area contributed by atoms with E-state index in [4.69, 9.17) is 0 Å². The predicted octanol–water partition coefficient (Wildman–Crippen LogP) is 4.57. The Labute approximate surface area is 116 Å². The molecule has 2 aliphatic rings. The van der Waals surface area contributed by atoms with Gasteiger partial charge in [0.15, 0.2) is 11.5 Å². The molecule has 2 nitrogen and oxygen atoms in total. The molecule has 19 heavy (non-hydrogen) atoms. The van der Waals surface area contributed by atoms with Crippen molar-refractivity contribution in [3.05, 3.63) is 24.0 Å². The first-order chi connectivity index (χ1) is 9.16. The van der Waals surface area contributed by atoms with Gasteiger partial charge in [0.05, 0.1) is 0 Å². The van der Waals surface area contributed by atoms with Gasteiger partial charge in [0.25, 0.3) is 0 Å². The summed E-state index contributed by atoms with van der Waals surface area (Å²) in [4.78, 5) is 11.9. The minimum Gasteiger partial charge on any atom is -0.505 e. The van der Waals surface area contributed by atoms with Crippen LogP contribution in [0.1, 0.15) is 58.3 Å². The van der Waals surface area contributed by atoms with Crippen molar-refractivity contribution in [1.29, 1.82) is 0 Å². The number of ketones is 1. The van der Waals surface area contributed by atoms with E-state index in [1.807, 2.05) is 0 Å². The number of allylic oxidation sites excluding steroid dienone is 4. The van der Waals surface area contributed by atoms with Crippen molar-refractivity contribution in [1.82, 2.24) is 0 Å². The lowest BCUT2D eigenvalue weighted by Crippen LogP contribution is -2.09. The summed E-state index contributed by atoms with van der Waals surface area (Å²) in [6.45, 7) is 2.10. The van der Waals surface area contributed by atoms with Crippen molar-refractivity contribution < 1.29 is 9.90 Å². The minimum atomic E-state index is -0.0748. The Morgan fingerprint density at radius 2 is 2.05 bits per heavy atom. The predicted molar refractivity (Wildman–Crippen MR) is 77.9 cm³/mol. The molecule has 1 saturated carbocycles. The Balaban J connectivity index is 2.07. The number of fused-ring (bicyclic) bond motifs is 1. The number of hydrogen-bond acceptors (Lipinski definition) is 2. The molecular weight excluding hydrogens is 236 g/mol. The monoisotopic (exact) mass is 262 g/mol. The van der Waals surface area contributed by atoms with Crippen LogP contribution >= 0.6 is 0 Å². The van der Waals surface area contributed by atoms with Crippen LogP contribution < -0.4 is 0 Å². The van der Waals surface area contributed by atoms with Gasteiger partial charge < -0.3 is 5.11 Å². The largest absolute Gasteiger partial charge is 0.505 e. The first-order valence-corrected chi connectivity index (χ1v) is 7.76. The van der Waals surface area contributed by atoms with Gasteiger partial charge in [-0.1, -0.05) is 25.5 Å². The highest BCUT2D eigenvalue weighted by molar-refractivity contribution is 5.93. The number of aliphatic hydroxyl groups excluding tert-OH is 1. The molecule has 0 aromatic rings. The van der Waals surface area contributed by atoms with E-state index in [1.54, 1.807) is 6.08 Å². The molecule has 2 heteroatoms. The molecular formula is C17H26O2. The highest BCUT2D eigenvalue weighted by atomic mass is 16.3. The number of carbonyl (C=O) groups is 1. The van der Waals surface area contributed by atoms with E-state index >= 15 is 0 Å². The fraction of sp³-hybridized carbons (Fsp3) is 0.706. The van der Waals surface area contributed by atoms with Gasteiger partial charge in [-0.2, -0.15) is 0 Å². The third-order valence-corrected chi connectivity index (χ3v) is 4.60. The smallest absolute Gasteiger partial charge is 0.197 e. The van der Waals surface area contributed by atoms with E-state index in [2.05, 4.69) is 19.1 Å². The fourth-order valence-electron chi connectivity index (χ4n) is 3.37. The van der Waals surface area contributed by atoms with Crippen LogP contribution in [-0.2, 0) is 4.79 Å². The van der Waals surface area contributed by atoms with Gasteiger partial charge in [-0.25, -0.2) is 0 Å². The number of Topliss-reactive ketones (excluding diaryl/α,β-unsaturated/α-hetero) is 1. The molecule has 0 aromatic heterocycles. The van der Waals surface area contributed by atoms with Crippen LogP contribution in [0.25, 0.3) is 0 Å². The third-order valence-electron chi connectivity index (χ3n) is 4.60. The Morgan fingerprint density at radius 1 is 1.21 bits per heavy atom. The first kappa shape index (κ1) is 14.4. The molecule has 3 atom stereocenters. The lowest BCUT2D eigenvalue weighted by molar-refractivity contribution is -0.118. The van der Waals surface area contributed by atoms with Crippen molar-refractivity contribution in [2.75, 3.05) is 0 Å². The van der Waals surface area contributed by atoms with Crippen molar-refractivity contribution in [3.8, 4) is 0 Å². The summed E-state index contributed by atoms with van der Waals surface area (Å²) in [6, 6.07) is 0. The average molecular weight is 262 g/mol. The molecule has 106 valence electrons. The number of hydrogen-bond donors (Lipinski definition) is 1. The van der Waals surface area contributed by atoms with E-state index in [-0.39, 0.29) is 11.5 Å². The maximum absolute atomic E-state index is 11.9. The van der Waals surface area contributed by atoms with Crippen LogP contribution in [0, 0.1) is 17.8 Å². The van der Waals surface area contributed by atoms with Crippen LogP contribution in [-0.4, -0.2) is 10.9 Å². The van der Waals surface area contributed by atoms with E-state index in [1.165, 1.54) is 19.3 Å². The average Bonchev–Trinajstić information content (AvgIpc) is 2.82. The normalized spacial score (nSPS) is 38.3. The van der Waals surface area contributed by atoms with Crippen LogP contribution in [0.15, 0.2) is 24.0 Å². The number of aliphatic hydroxyl groups is 1. The summed E-state index contributed by atoms with van der Waals surface area (Å²) in [5, 5.41) is 9.86. The Bertz CT molecular complexity index is 367. The lowest BCUT2D eigenvalue weighted by Gasteiger charge is -2.14. The Morgan fingerprint density at radius 3 is 2.89 bits per heavy atom. The van der Waals surface area contributed by atoms with E-state index < -0.39 is 0 Å². The van der Waals surface area contributed by atoms with Gasteiger partial charge in [-0.15, -0.1) is 0 Å². The molecule has 0 heterocycles. The zero-order valence-electron chi connectivity index (χ0n) is 12.0. The second-order valence-electron chi connectivity index (χ2n) is 6.27.